The maximum absolute atomic E-state index is 7.52. The van der Waals surface area contributed by atoms with E-state index in [4.69, 9.17) is 8.83 Å². The fraction of sp³-hybridized carbons (Fsp3) is 0.0250. The van der Waals surface area contributed by atoms with Crippen molar-refractivity contribution in [2.75, 3.05) is 4.90 Å². The van der Waals surface area contributed by atoms with Gasteiger partial charge in [-0.3, -0.25) is 0 Å². The fourth-order valence-electron chi connectivity index (χ4n) is 15.2. The standard InChI is InChI=1S/C80H49NO2/c1-4-21-50(22-5-1)51-23-20-28-55(45-51)81(56-40-43-63-61-32-13-18-37-70(61)80(72(63)47-56)68-35-16-11-29-58(68)59-30-12-17-36-69(59)80)57-41-44-64-66-49-75-77(65-33-14-19-38-73(65)82-75)76(78(66)83-74(64)48-57)52-39-42-62-60-31-10-15-34-67(60)79(71(62)46-52,53-24-6-2-7-25-53)54-26-8-3-9-27-54/h1-49H. The summed E-state index contributed by atoms with van der Waals surface area (Å²) in [6.45, 7) is 0. The Bertz CT molecular complexity index is 5060. The second-order valence-corrected chi connectivity index (χ2v) is 22.5. The molecule has 386 valence electrons. The van der Waals surface area contributed by atoms with E-state index in [9.17, 15) is 0 Å². The molecule has 0 fully saturated rings. The van der Waals surface area contributed by atoms with E-state index in [0.29, 0.717) is 0 Å². The van der Waals surface area contributed by atoms with Crippen molar-refractivity contribution in [1.82, 2.24) is 0 Å². The van der Waals surface area contributed by atoms with E-state index < -0.39 is 10.8 Å². The summed E-state index contributed by atoms with van der Waals surface area (Å²) in [6, 6.07) is 109. The van der Waals surface area contributed by atoms with Crippen molar-refractivity contribution in [3.8, 4) is 55.6 Å². The van der Waals surface area contributed by atoms with Gasteiger partial charge in [-0.25, -0.2) is 0 Å². The van der Waals surface area contributed by atoms with Crippen LogP contribution in [-0.2, 0) is 10.8 Å². The third kappa shape index (κ3) is 6.28. The van der Waals surface area contributed by atoms with Gasteiger partial charge in [0.05, 0.1) is 10.8 Å². The summed E-state index contributed by atoms with van der Waals surface area (Å²) in [5.41, 5.74) is 27.4. The maximum atomic E-state index is 7.52. The van der Waals surface area contributed by atoms with Crippen LogP contribution in [0.25, 0.3) is 99.5 Å². The monoisotopic (exact) mass is 1060 g/mol. The van der Waals surface area contributed by atoms with Crippen LogP contribution in [0.15, 0.2) is 306 Å². The Balaban J connectivity index is 0.878. The van der Waals surface area contributed by atoms with Gasteiger partial charge in [0.15, 0.2) is 0 Å². The molecule has 1 spiro atoms. The molecule has 3 heteroatoms. The zero-order valence-corrected chi connectivity index (χ0v) is 45.1. The van der Waals surface area contributed by atoms with Crippen LogP contribution in [0.3, 0.4) is 0 Å². The molecule has 0 saturated heterocycles. The normalized spacial score (nSPS) is 13.7. The fourth-order valence-corrected chi connectivity index (χ4v) is 15.2. The predicted molar refractivity (Wildman–Crippen MR) is 340 cm³/mol. The topological polar surface area (TPSA) is 29.5 Å². The molecular weight excluding hydrogens is 1010 g/mol. The van der Waals surface area contributed by atoms with E-state index in [-0.39, 0.29) is 0 Å². The van der Waals surface area contributed by atoms with Gasteiger partial charge >= 0.3 is 0 Å². The van der Waals surface area contributed by atoms with Gasteiger partial charge in [-0.15, -0.1) is 0 Å². The Labute approximate surface area is 480 Å². The van der Waals surface area contributed by atoms with Gasteiger partial charge in [0.2, 0.25) is 0 Å². The molecule has 83 heavy (non-hydrogen) atoms. The molecule has 0 aliphatic heterocycles. The number of rotatable bonds is 7. The maximum Gasteiger partial charge on any atom is 0.144 e. The molecule has 3 aliphatic rings. The van der Waals surface area contributed by atoms with Gasteiger partial charge in [-0.05, 0) is 149 Å². The first-order valence-electron chi connectivity index (χ1n) is 28.7. The summed E-state index contributed by atoms with van der Waals surface area (Å²) >= 11 is 0. The number of hydrogen-bond acceptors (Lipinski definition) is 3. The Kier molecular flexibility index (Phi) is 9.64. The third-order valence-corrected chi connectivity index (χ3v) is 18.5. The van der Waals surface area contributed by atoms with Crippen molar-refractivity contribution in [3.05, 3.63) is 342 Å². The minimum Gasteiger partial charge on any atom is -0.456 e. The first-order chi connectivity index (χ1) is 41.2. The molecule has 0 amide bonds. The summed E-state index contributed by atoms with van der Waals surface area (Å²) in [5.74, 6) is 0. The lowest BCUT2D eigenvalue weighted by atomic mass is 9.67. The van der Waals surface area contributed by atoms with Crippen LogP contribution in [0.5, 0.6) is 0 Å². The summed E-state index contributed by atoms with van der Waals surface area (Å²) in [6.07, 6.45) is 0. The van der Waals surface area contributed by atoms with E-state index in [2.05, 4.69) is 302 Å². The quantitative estimate of drug-likeness (QED) is 0.159. The van der Waals surface area contributed by atoms with Gasteiger partial charge in [0.25, 0.3) is 0 Å². The molecule has 0 bridgehead atoms. The Morgan fingerprint density at radius 3 is 1.40 bits per heavy atom. The minimum absolute atomic E-state index is 0.505. The van der Waals surface area contributed by atoms with Crippen molar-refractivity contribution in [1.29, 1.82) is 0 Å². The minimum atomic E-state index is -0.579. The van der Waals surface area contributed by atoms with Crippen molar-refractivity contribution >= 4 is 60.9 Å². The summed E-state index contributed by atoms with van der Waals surface area (Å²) < 4.78 is 14.4. The van der Waals surface area contributed by atoms with E-state index in [0.717, 1.165) is 83.2 Å². The highest BCUT2D eigenvalue weighted by Crippen LogP contribution is 2.64. The number of fused-ring (bicyclic) bond motifs is 19. The van der Waals surface area contributed by atoms with Gasteiger partial charge < -0.3 is 13.7 Å². The van der Waals surface area contributed by atoms with Gasteiger partial charge in [0.1, 0.15) is 22.3 Å². The van der Waals surface area contributed by atoms with Crippen LogP contribution < -0.4 is 4.90 Å². The molecule has 13 aromatic carbocycles. The van der Waals surface area contributed by atoms with E-state index in [1.807, 2.05) is 0 Å². The van der Waals surface area contributed by atoms with Crippen LogP contribution in [-0.4, -0.2) is 0 Å². The molecular formula is C80H49NO2. The number of furan rings is 2. The van der Waals surface area contributed by atoms with Crippen molar-refractivity contribution < 1.29 is 8.83 Å². The number of hydrogen-bond donors (Lipinski definition) is 0. The van der Waals surface area contributed by atoms with E-state index >= 15 is 0 Å². The SMILES string of the molecule is c1ccc(-c2cccc(N(c3ccc4c(c3)C3(c5ccccc5-c5ccccc53)c3ccccc3-4)c3ccc4c(c3)oc3c(-c5ccc6c(c5)C(c5ccccc5)(c5ccccc5)c5ccccc5-6)c5c(cc34)oc3ccccc35)c2)cc1. The van der Waals surface area contributed by atoms with Crippen molar-refractivity contribution in [2.24, 2.45) is 0 Å². The number of benzene rings is 13. The van der Waals surface area contributed by atoms with Crippen molar-refractivity contribution in [3.63, 3.8) is 0 Å². The van der Waals surface area contributed by atoms with Crippen LogP contribution in [0.1, 0.15) is 44.5 Å². The zero-order valence-electron chi connectivity index (χ0n) is 45.1. The van der Waals surface area contributed by atoms with Crippen LogP contribution >= 0.6 is 0 Å². The molecule has 0 unspecified atom stereocenters. The van der Waals surface area contributed by atoms with Crippen LogP contribution in [0.4, 0.5) is 17.1 Å². The second-order valence-electron chi connectivity index (χ2n) is 22.5. The first-order valence-corrected chi connectivity index (χ1v) is 28.7. The van der Waals surface area contributed by atoms with E-state index in [1.165, 1.54) is 77.9 Å². The van der Waals surface area contributed by atoms with Gasteiger partial charge in [0, 0.05) is 50.2 Å². The highest BCUT2D eigenvalue weighted by Gasteiger charge is 2.52. The number of para-hydroxylation sites is 1. The smallest absolute Gasteiger partial charge is 0.144 e. The highest BCUT2D eigenvalue weighted by atomic mass is 16.3. The average molecular weight is 1060 g/mol. The summed E-state index contributed by atoms with van der Waals surface area (Å²) in [4.78, 5) is 2.42. The molecule has 0 radical (unpaired) electrons. The highest BCUT2D eigenvalue weighted by molar-refractivity contribution is 6.24. The number of nitrogens with zero attached hydrogens (tertiary/aromatic N) is 1. The lowest BCUT2D eigenvalue weighted by Gasteiger charge is -2.34. The van der Waals surface area contributed by atoms with E-state index in [1.54, 1.807) is 0 Å². The molecule has 18 rings (SSSR count). The van der Waals surface area contributed by atoms with Gasteiger partial charge in [-0.1, -0.05) is 237 Å². The zero-order chi connectivity index (χ0) is 54.4. The summed E-state index contributed by atoms with van der Waals surface area (Å²) in [7, 11) is 0. The lowest BCUT2D eigenvalue weighted by Crippen LogP contribution is -2.28. The van der Waals surface area contributed by atoms with Crippen LogP contribution in [0, 0.1) is 0 Å². The van der Waals surface area contributed by atoms with Gasteiger partial charge in [-0.2, -0.15) is 0 Å². The molecule has 0 N–H and O–H groups in total. The first kappa shape index (κ1) is 46.1. The summed E-state index contributed by atoms with van der Waals surface area (Å²) in [5, 5.41) is 4.11. The molecule has 3 nitrogen and oxygen atoms in total. The number of anilines is 3. The molecule has 0 atom stereocenters. The molecule has 0 saturated carbocycles. The Morgan fingerprint density at radius 1 is 0.253 bits per heavy atom. The second kappa shape index (κ2) is 17.4. The average Bonchev–Trinajstić information content (AvgIpc) is 3.28. The largest absolute Gasteiger partial charge is 0.456 e. The third-order valence-electron chi connectivity index (χ3n) is 18.5. The lowest BCUT2D eigenvalue weighted by molar-refractivity contribution is 0.664. The molecule has 2 heterocycles. The molecule has 2 aromatic heterocycles. The Hall–Kier alpha value is -10.7. The van der Waals surface area contributed by atoms with Crippen LogP contribution in [0.2, 0.25) is 0 Å². The molecule has 15 aromatic rings. The molecule has 3 aliphatic carbocycles. The van der Waals surface area contributed by atoms with Crippen molar-refractivity contribution in [2.45, 2.75) is 10.8 Å². The predicted octanol–water partition coefficient (Wildman–Crippen LogP) is 21.0. The Morgan fingerprint density at radius 2 is 0.747 bits per heavy atom.